The number of amides is 1. The first kappa shape index (κ1) is 8.95. The Labute approximate surface area is 73.2 Å². The second-order valence-corrected chi connectivity index (χ2v) is 3.28. The summed E-state index contributed by atoms with van der Waals surface area (Å²) in [4.78, 5) is 15.0. The Hall–Kier alpha value is -1.14. The molecule has 0 saturated heterocycles. The molecule has 1 rings (SSSR count). The lowest BCUT2D eigenvalue weighted by Crippen LogP contribution is -2.19. The first-order valence-electron chi connectivity index (χ1n) is 3.33. The molecule has 4 N–H and O–H groups in total. The summed E-state index contributed by atoms with van der Waals surface area (Å²) in [5.74, 6) is 0. The van der Waals surface area contributed by atoms with Crippen molar-refractivity contribution in [1.82, 2.24) is 10.3 Å². The highest BCUT2D eigenvalue weighted by atomic mass is 32.1. The van der Waals surface area contributed by atoms with Gasteiger partial charge in [-0.3, -0.25) is 0 Å². The van der Waals surface area contributed by atoms with Crippen LogP contribution in [0.25, 0.3) is 0 Å². The highest BCUT2D eigenvalue weighted by molar-refractivity contribution is 7.11. The number of nitrogens with two attached hydrogens (primary N) is 1. The van der Waals surface area contributed by atoms with E-state index >= 15 is 0 Å². The van der Waals surface area contributed by atoms with E-state index < -0.39 is 6.09 Å². The van der Waals surface area contributed by atoms with Crippen LogP contribution >= 0.6 is 11.3 Å². The van der Waals surface area contributed by atoms with Crippen molar-refractivity contribution in [1.29, 1.82) is 0 Å². The second-order valence-electron chi connectivity index (χ2n) is 2.08. The van der Waals surface area contributed by atoms with E-state index in [4.69, 9.17) is 10.8 Å². The summed E-state index contributed by atoms with van der Waals surface area (Å²) in [6, 6.07) is 0. The van der Waals surface area contributed by atoms with Gasteiger partial charge >= 0.3 is 6.09 Å². The van der Waals surface area contributed by atoms with Crippen LogP contribution in [0.4, 0.5) is 4.79 Å². The van der Waals surface area contributed by atoms with Crippen molar-refractivity contribution in [2.24, 2.45) is 5.73 Å². The topological polar surface area (TPSA) is 88.2 Å². The highest BCUT2D eigenvalue weighted by Crippen LogP contribution is 2.11. The minimum Gasteiger partial charge on any atom is -0.465 e. The van der Waals surface area contributed by atoms with Crippen molar-refractivity contribution >= 4 is 17.4 Å². The lowest BCUT2D eigenvalue weighted by molar-refractivity contribution is 0.194. The maximum absolute atomic E-state index is 10.1. The van der Waals surface area contributed by atoms with Gasteiger partial charge < -0.3 is 16.2 Å². The van der Waals surface area contributed by atoms with Crippen molar-refractivity contribution in [3.63, 3.8) is 0 Å². The van der Waals surface area contributed by atoms with Crippen LogP contribution in [0.3, 0.4) is 0 Å². The Balaban J connectivity index is 2.47. The smallest absolute Gasteiger partial charge is 0.405 e. The fraction of sp³-hybridized carbons (Fsp3) is 0.333. The van der Waals surface area contributed by atoms with Gasteiger partial charge in [0.25, 0.3) is 0 Å². The third-order valence-corrected chi connectivity index (χ3v) is 2.21. The van der Waals surface area contributed by atoms with Crippen molar-refractivity contribution < 1.29 is 9.90 Å². The summed E-state index contributed by atoms with van der Waals surface area (Å²) in [6.45, 7) is 0.699. The average Bonchev–Trinajstić information content (AvgIpc) is 2.48. The summed E-state index contributed by atoms with van der Waals surface area (Å²) < 4.78 is 0. The van der Waals surface area contributed by atoms with E-state index in [1.165, 1.54) is 11.3 Å². The van der Waals surface area contributed by atoms with Crippen LogP contribution < -0.4 is 11.1 Å². The van der Waals surface area contributed by atoms with E-state index in [1.807, 2.05) is 0 Å². The fourth-order valence-corrected chi connectivity index (χ4v) is 1.42. The average molecular weight is 187 g/mol. The molecule has 1 heterocycles. The number of carbonyl (C=O) groups is 1. The molecule has 12 heavy (non-hydrogen) atoms. The zero-order valence-corrected chi connectivity index (χ0v) is 7.10. The molecule has 0 aromatic carbocycles. The van der Waals surface area contributed by atoms with Crippen molar-refractivity contribution in [2.75, 3.05) is 0 Å². The van der Waals surface area contributed by atoms with Gasteiger partial charge in [0.2, 0.25) is 0 Å². The normalized spacial score (nSPS) is 9.75. The summed E-state index contributed by atoms with van der Waals surface area (Å²) in [6.07, 6.45) is 0.614. The Morgan fingerprint density at radius 1 is 1.83 bits per heavy atom. The Bertz CT molecular complexity index is 274. The molecule has 0 spiro atoms. The molecule has 0 radical (unpaired) electrons. The van der Waals surface area contributed by atoms with Gasteiger partial charge in [-0.25, -0.2) is 9.78 Å². The van der Waals surface area contributed by atoms with Crippen LogP contribution in [-0.2, 0) is 13.1 Å². The van der Waals surface area contributed by atoms with Crippen LogP contribution in [0.1, 0.15) is 9.88 Å². The van der Waals surface area contributed by atoms with Gasteiger partial charge in [-0.15, -0.1) is 11.3 Å². The van der Waals surface area contributed by atoms with Crippen LogP contribution in [-0.4, -0.2) is 16.2 Å². The molecule has 1 amide bonds. The van der Waals surface area contributed by atoms with E-state index in [0.29, 0.717) is 6.54 Å². The van der Waals surface area contributed by atoms with Gasteiger partial charge in [0, 0.05) is 17.6 Å². The van der Waals surface area contributed by atoms with Crippen molar-refractivity contribution in [2.45, 2.75) is 13.1 Å². The molecule has 0 aliphatic rings. The molecule has 1 aromatic rings. The molecule has 66 valence electrons. The lowest BCUT2D eigenvalue weighted by Gasteiger charge is -1.94. The molecule has 0 saturated carbocycles. The van der Waals surface area contributed by atoms with Crippen LogP contribution in [0.5, 0.6) is 0 Å². The standard InChI is InChI=1S/C6H9N3O2S/c7-1-4-2-8-5(12-4)3-9-6(10)11/h2,9H,1,3,7H2,(H,10,11). The SMILES string of the molecule is NCc1cnc(CNC(=O)O)s1. The Kier molecular flexibility index (Phi) is 3.01. The zero-order chi connectivity index (χ0) is 8.97. The Morgan fingerprint density at radius 3 is 3.08 bits per heavy atom. The molecule has 0 aliphatic carbocycles. The number of nitrogens with one attached hydrogen (secondary N) is 1. The predicted octanol–water partition coefficient (Wildman–Crippen LogP) is 0.369. The van der Waals surface area contributed by atoms with Crippen molar-refractivity contribution in [3.05, 3.63) is 16.1 Å². The van der Waals surface area contributed by atoms with Crippen LogP contribution in [0, 0.1) is 0 Å². The Morgan fingerprint density at radius 2 is 2.58 bits per heavy atom. The van der Waals surface area contributed by atoms with Gasteiger partial charge in [-0.05, 0) is 0 Å². The fourth-order valence-electron chi connectivity index (χ4n) is 0.675. The maximum atomic E-state index is 10.1. The maximum Gasteiger partial charge on any atom is 0.405 e. The van der Waals surface area contributed by atoms with Crippen LogP contribution in [0.15, 0.2) is 6.20 Å². The molecule has 5 nitrogen and oxygen atoms in total. The lowest BCUT2D eigenvalue weighted by atomic mass is 10.6. The number of hydrogen-bond acceptors (Lipinski definition) is 4. The van der Waals surface area contributed by atoms with E-state index in [9.17, 15) is 4.79 Å². The first-order chi connectivity index (χ1) is 5.72. The third-order valence-electron chi connectivity index (χ3n) is 1.19. The number of carboxylic acid groups (broad SMARTS) is 1. The van der Waals surface area contributed by atoms with Gasteiger partial charge in [0.15, 0.2) is 0 Å². The molecule has 0 unspecified atom stereocenters. The number of thiazole rings is 1. The molecule has 1 aromatic heterocycles. The van der Waals surface area contributed by atoms with E-state index in [2.05, 4.69) is 10.3 Å². The molecular weight excluding hydrogens is 178 g/mol. The summed E-state index contributed by atoms with van der Waals surface area (Å²) in [5.41, 5.74) is 5.35. The molecular formula is C6H9N3O2S. The second kappa shape index (κ2) is 4.03. The van der Waals surface area contributed by atoms with Gasteiger partial charge in [0.05, 0.1) is 6.54 Å². The predicted molar refractivity (Wildman–Crippen MR) is 44.9 cm³/mol. The third kappa shape index (κ3) is 2.48. The van der Waals surface area contributed by atoms with Gasteiger partial charge in [-0.1, -0.05) is 0 Å². The van der Waals surface area contributed by atoms with E-state index in [1.54, 1.807) is 6.20 Å². The largest absolute Gasteiger partial charge is 0.465 e. The molecule has 0 fully saturated rings. The minimum absolute atomic E-state index is 0.250. The molecule has 0 aliphatic heterocycles. The zero-order valence-electron chi connectivity index (χ0n) is 6.28. The van der Waals surface area contributed by atoms with Crippen LogP contribution in [0.2, 0.25) is 0 Å². The summed E-state index contributed by atoms with van der Waals surface area (Å²) in [7, 11) is 0. The molecule has 0 bridgehead atoms. The number of rotatable bonds is 3. The minimum atomic E-state index is -1.04. The highest BCUT2D eigenvalue weighted by Gasteiger charge is 2.01. The first-order valence-corrected chi connectivity index (χ1v) is 4.14. The summed E-state index contributed by atoms with van der Waals surface area (Å²) >= 11 is 1.41. The monoisotopic (exact) mass is 187 g/mol. The van der Waals surface area contributed by atoms with E-state index in [0.717, 1.165) is 9.88 Å². The van der Waals surface area contributed by atoms with Gasteiger partial charge in [0.1, 0.15) is 5.01 Å². The number of hydrogen-bond donors (Lipinski definition) is 3. The molecule has 0 atom stereocenters. The van der Waals surface area contributed by atoms with Gasteiger partial charge in [-0.2, -0.15) is 0 Å². The van der Waals surface area contributed by atoms with E-state index in [-0.39, 0.29) is 6.54 Å². The number of aromatic nitrogens is 1. The number of nitrogens with zero attached hydrogens (tertiary/aromatic N) is 1. The quantitative estimate of drug-likeness (QED) is 0.637. The molecule has 6 heteroatoms. The summed E-state index contributed by atoms with van der Waals surface area (Å²) in [5, 5.41) is 11.2. The van der Waals surface area contributed by atoms with Crippen molar-refractivity contribution in [3.8, 4) is 0 Å².